The Morgan fingerprint density at radius 3 is 2.44 bits per heavy atom. The van der Waals surface area contributed by atoms with Crippen LogP contribution < -0.4 is 15.8 Å². The smallest absolute Gasteiger partial charge is 0.408 e. The molecule has 0 aliphatic carbocycles. The van der Waals surface area contributed by atoms with E-state index < -0.39 is 39.6 Å². The normalized spacial score (nSPS) is 17.8. The average molecular weight is 469 g/mol. The van der Waals surface area contributed by atoms with Gasteiger partial charge in [-0.15, -0.1) is 4.40 Å². The number of amides is 2. The molecule has 0 radical (unpaired) electrons. The van der Waals surface area contributed by atoms with Crippen LogP contribution in [0.4, 0.5) is 4.79 Å². The van der Waals surface area contributed by atoms with Gasteiger partial charge in [-0.3, -0.25) is 9.69 Å². The Morgan fingerprint density at radius 2 is 1.88 bits per heavy atom. The molecule has 1 atom stereocenters. The number of nitrogens with two attached hydrogens (primary N) is 1. The van der Waals surface area contributed by atoms with E-state index in [0.29, 0.717) is 35.3 Å². The van der Waals surface area contributed by atoms with Crippen LogP contribution in [0.5, 0.6) is 5.75 Å². The molecule has 1 aliphatic heterocycles. The number of rotatable bonds is 4. The number of sulfonamides is 1. The fourth-order valence-electron chi connectivity index (χ4n) is 3.53. The monoisotopic (exact) mass is 468 g/mol. The van der Waals surface area contributed by atoms with Gasteiger partial charge < -0.3 is 20.5 Å². The third-order valence-electron chi connectivity index (χ3n) is 5.08. The number of nitrogens with zero attached hydrogens (tertiary/aromatic N) is 2. The van der Waals surface area contributed by atoms with Crippen molar-refractivity contribution in [1.82, 2.24) is 10.2 Å². The molecule has 1 fully saturated rings. The first-order chi connectivity index (χ1) is 14.7. The minimum Gasteiger partial charge on any atom is -0.496 e. The first kappa shape index (κ1) is 25.4. The number of nitrogens with one attached hydrogen (secondary N) is 1. The molecule has 0 spiro atoms. The van der Waals surface area contributed by atoms with E-state index in [1.807, 2.05) is 0 Å². The summed E-state index contributed by atoms with van der Waals surface area (Å²) in [4.78, 5) is 26.0. The number of carbonyl (C=O) groups is 2. The van der Waals surface area contributed by atoms with Crippen LogP contribution in [0.2, 0.25) is 0 Å². The molecule has 0 saturated carbocycles. The highest BCUT2D eigenvalue weighted by Crippen LogP contribution is 2.31. The molecule has 1 aromatic rings. The van der Waals surface area contributed by atoms with E-state index in [2.05, 4.69) is 9.71 Å². The molecule has 2 amide bonds. The highest BCUT2D eigenvalue weighted by atomic mass is 32.2. The lowest BCUT2D eigenvalue weighted by Gasteiger charge is -2.32. The maximum absolute atomic E-state index is 13.1. The van der Waals surface area contributed by atoms with Crippen molar-refractivity contribution in [3.63, 3.8) is 0 Å². The van der Waals surface area contributed by atoms with Gasteiger partial charge in [-0.05, 0) is 77.1 Å². The van der Waals surface area contributed by atoms with Gasteiger partial charge in [0.05, 0.1) is 12.0 Å². The first-order valence-electron chi connectivity index (χ1n) is 10.2. The molecular weight excluding hydrogens is 436 g/mol. The Hall–Kier alpha value is -2.82. The number of aryl methyl sites for hydroxylation is 1. The zero-order chi connectivity index (χ0) is 24.4. The van der Waals surface area contributed by atoms with Gasteiger partial charge in [0.1, 0.15) is 17.4 Å². The van der Waals surface area contributed by atoms with E-state index in [1.165, 1.54) is 7.11 Å². The molecule has 11 heteroatoms. The summed E-state index contributed by atoms with van der Waals surface area (Å²) in [7, 11) is -2.70. The van der Waals surface area contributed by atoms with Crippen molar-refractivity contribution in [3.8, 4) is 5.75 Å². The lowest BCUT2D eigenvalue weighted by molar-refractivity contribution is -0.131. The van der Waals surface area contributed by atoms with E-state index in [4.69, 9.17) is 15.2 Å². The summed E-state index contributed by atoms with van der Waals surface area (Å²) in [6.45, 7) is 10.4. The number of guanidine groups is 1. The van der Waals surface area contributed by atoms with E-state index >= 15 is 0 Å². The first-order valence-corrected chi connectivity index (χ1v) is 11.7. The predicted octanol–water partition coefficient (Wildman–Crippen LogP) is 2.14. The van der Waals surface area contributed by atoms with Crippen LogP contribution in [0.15, 0.2) is 15.4 Å². The van der Waals surface area contributed by atoms with Gasteiger partial charge in [0.25, 0.3) is 15.9 Å². The van der Waals surface area contributed by atoms with E-state index in [0.717, 1.165) is 4.90 Å². The quantitative estimate of drug-likeness (QED) is 0.509. The number of hydrogen-bond donors (Lipinski definition) is 2. The molecule has 178 valence electrons. The molecule has 0 bridgehead atoms. The molecule has 0 aromatic heterocycles. The molecule has 32 heavy (non-hydrogen) atoms. The summed E-state index contributed by atoms with van der Waals surface area (Å²) in [5.41, 5.74) is 6.85. The van der Waals surface area contributed by atoms with Crippen LogP contribution in [0.25, 0.3) is 0 Å². The Kier molecular flexibility index (Phi) is 7.44. The Bertz CT molecular complexity index is 1040. The van der Waals surface area contributed by atoms with Crippen LogP contribution in [0.1, 0.15) is 50.3 Å². The van der Waals surface area contributed by atoms with E-state index in [1.54, 1.807) is 47.6 Å². The number of ether oxygens (including phenoxy) is 2. The second kappa shape index (κ2) is 9.35. The van der Waals surface area contributed by atoms with Gasteiger partial charge in [-0.2, -0.15) is 8.42 Å². The van der Waals surface area contributed by atoms with Crippen LogP contribution in [-0.2, 0) is 19.6 Å². The number of alkyl carbamates (subject to hydrolysis) is 1. The Labute approximate surface area is 189 Å². The summed E-state index contributed by atoms with van der Waals surface area (Å²) in [5, 5.41) is 2.52. The molecular formula is C21H32N4O6S. The zero-order valence-corrected chi connectivity index (χ0v) is 20.4. The van der Waals surface area contributed by atoms with Gasteiger partial charge in [0.2, 0.25) is 5.96 Å². The maximum Gasteiger partial charge on any atom is 0.408 e. The van der Waals surface area contributed by atoms with Crippen molar-refractivity contribution in [3.05, 3.63) is 22.8 Å². The number of carbonyl (C=O) groups excluding carboxylic acids is 2. The highest BCUT2D eigenvalue weighted by Gasteiger charge is 2.34. The number of piperidine rings is 1. The number of benzene rings is 1. The number of likely N-dealkylation sites (tertiary alicyclic amines) is 1. The van der Waals surface area contributed by atoms with E-state index in [-0.39, 0.29) is 11.4 Å². The fraction of sp³-hybridized carbons (Fsp3) is 0.571. The average Bonchev–Trinajstić information content (AvgIpc) is 2.64. The van der Waals surface area contributed by atoms with Crippen molar-refractivity contribution in [2.75, 3.05) is 13.7 Å². The molecule has 1 saturated heterocycles. The fourth-order valence-corrected chi connectivity index (χ4v) is 4.98. The maximum atomic E-state index is 13.1. The molecule has 10 nitrogen and oxygen atoms in total. The number of methoxy groups -OCH3 is 1. The Morgan fingerprint density at radius 1 is 1.25 bits per heavy atom. The van der Waals surface area contributed by atoms with Gasteiger partial charge in [0.15, 0.2) is 0 Å². The largest absolute Gasteiger partial charge is 0.496 e. The second-order valence-electron chi connectivity index (χ2n) is 8.73. The Balaban J connectivity index is 2.31. The molecule has 3 N–H and O–H groups in total. The van der Waals surface area contributed by atoms with Crippen LogP contribution in [0, 0.1) is 20.8 Å². The molecule has 2 rings (SSSR count). The summed E-state index contributed by atoms with van der Waals surface area (Å²) in [6.07, 6.45) is 0.146. The molecule has 0 unspecified atom stereocenters. The summed E-state index contributed by atoms with van der Waals surface area (Å²) >= 11 is 0. The molecule has 1 aromatic carbocycles. The van der Waals surface area contributed by atoms with Gasteiger partial charge >= 0.3 is 6.09 Å². The van der Waals surface area contributed by atoms with Gasteiger partial charge in [0, 0.05) is 6.54 Å². The van der Waals surface area contributed by atoms with Crippen molar-refractivity contribution < 1.29 is 27.5 Å². The van der Waals surface area contributed by atoms with Crippen molar-refractivity contribution >= 4 is 28.0 Å². The van der Waals surface area contributed by atoms with Gasteiger partial charge in [-0.1, -0.05) is 0 Å². The topological polar surface area (TPSA) is 140 Å². The van der Waals surface area contributed by atoms with Crippen molar-refractivity contribution in [1.29, 1.82) is 0 Å². The van der Waals surface area contributed by atoms with Crippen molar-refractivity contribution in [2.45, 2.75) is 70.9 Å². The summed E-state index contributed by atoms with van der Waals surface area (Å²) in [6, 6.07) is 0.732. The minimum absolute atomic E-state index is 0.0200. The highest BCUT2D eigenvalue weighted by molar-refractivity contribution is 7.90. The third kappa shape index (κ3) is 5.70. The van der Waals surface area contributed by atoms with Crippen molar-refractivity contribution in [2.24, 2.45) is 10.1 Å². The van der Waals surface area contributed by atoms with E-state index in [9.17, 15) is 18.0 Å². The summed E-state index contributed by atoms with van der Waals surface area (Å²) in [5.74, 6) is -0.422. The SMILES string of the molecule is COc1cc(C)c(S(=O)(=O)/N=C(/N)N2CCC[C@H](NC(=O)OC(C)(C)C)C2=O)c(C)c1C. The number of hydrogen-bond acceptors (Lipinski definition) is 6. The minimum atomic E-state index is -4.20. The standard InChI is InChI=1S/C21H32N4O6S/c1-12-11-16(30-7)13(2)14(3)17(12)32(28,29)24-19(22)25-10-8-9-15(18(25)26)23-20(27)31-21(4,5)6/h11,15H,8-10H2,1-7H3,(H2,22,24)(H,23,27)/t15-/m0/s1. The van der Waals surface area contributed by atoms with Crippen LogP contribution in [0.3, 0.4) is 0 Å². The lowest BCUT2D eigenvalue weighted by Crippen LogP contribution is -2.56. The second-order valence-corrected chi connectivity index (χ2v) is 10.3. The van der Waals surface area contributed by atoms with Crippen LogP contribution in [-0.4, -0.2) is 56.6 Å². The molecule has 1 heterocycles. The summed E-state index contributed by atoms with van der Waals surface area (Å²) < 4.78 is 40.3. The third-order valence-corrected chi connectivity index (χ3v) is 6.65. The zero-order valence-electron chi connectivity index (χ0n) is 19.6. The lowest BCUT2D eigenvalue weighted by atomic mass is 10.1. The van der Waals surface area contributed by atoms with Crippen LogP contribution >= 0.6 is 0 Å². The molecule has 1 aliphatic rings. The van der Waals surface area contributed by atoms with Gasteiger partial charge in [-0.25, -0.2) is 4.79 Å². The predicted molar refractivity (Wildman–Crippen MR) is 120 cm³/mol.